The van der Waals surface area contributed by atoms with Gasteiger partial charge in [-0.1, -0.05) is 25.3 Å². The van der Waals surface area contributed by atoms with Crippen molar-refractivity contribution in [3.05, 3.63) is 78.4 Å². The molecule has 166 valence electrons. The fraction of sp³-hybridized carbons (Fsp3) is 0.385. The molecule has 0 spiro atoms. The molecular weight excluding hydrogens is 416 g/mol. The third kappa shape index (κ3) is 3.99. The summed E-state index contributed by atoms with van der Waals surface area (Å²) in [5.41, 5.74) is 3.35. The summed E-state index contributed by atoms with van der Waals surface area (Å²) >= 11 is 5.88. The van der Waals surface area contributed by atoms with Gasteiger partial charge in [-0.3, -0.25) is 4.98 Å². The summed E-state index contributed by atoms with van der Waals surface area (Å²) in [7, 11) is 0. The van der Waals surface area contributed by atoms with Crippen LogP contribution in [0.4, 0.5) is 5.69 Å². The molecule has 0 radical (unpaired) electrons. The minimum absolute atomic E-state index is 0.0206. The van der Waals surface area contributed by atoms with Gasteiger partial charge in [0.1, 0.15) is 11.8 Å². The third-order valence-electron chi connectivity index (χ3n) is 6.61. The number of anilines is 1. The Morgan fingerprint density at radius 3 is 2.56 bits per heavy atom. The van der Waals surface area contributed by atoms with Gasteiger partial charge in [-0.2, -0.15) is 0 Å². The molecule has 0 unspecified atom stereocenters. The van der Waals surface area contributed by atoms with Crippen molar-refractivity contribution in [2.75, 3.05) is 11.5 Å². The summed E-state index contributed by atoms with van der Waals surface area (Å²) in [6.07, 6.45) is 10.5. The number of thiocarbonyl (C=S) groups is 1. The molecule has 5 nitrogen and oxygen atoms in total. The number of hydrogen-bond donors (Lipinski definition) is 1. The van der Waals surface area contributed by atoms with Crippen LogP contribution < -0.4 is 15.0 Å². The van der Waals surface area contributed by atoms with Gasteiger partial charge in [0.15, 0.2) is 5.11 Å². The molecule has 1 N–H and O–H groups in total. The molecule has 5 rings (SSSR count). The lowest BCUT2D eigenvalue weighted by molar-refractivity contribution is 0.339. The molecule has 1 saturated carbocycles. The van der Waals surface area contributed by atoms with Crippen molar-refractivity contribution >= 4 is 23.0 Å². The average molecular weight is 447 g/mol. The molecule has 3 aromatic rings. The Morgan fingerprint density at radius 1 is 1.03 bits per heavy atom. The largest absolute Gasteiger partial charge is 0.494 e. The summed E-state index contributed by atoms with van der Waals surface area (Å²) in [6.45, 7) is 2.66. The molecule has 1 aromatic carbocycles. The van der Waals surface area contributed by atoms with Gasteiger partial charge in [0.25, 0.3) is 0 Å². The molecule has 2 aromatic heterocycles. The highest BCUT2D eigenvalue weighted by atomic mass is 32.1. The van der Waals surface area contributed by atoms with Gasteiger partial charge < -0.3 is 19.5 Å². The average Bonchev–Trinajstić information content (AvgIpc) is 3.45. The molecular formula is C26H30N4OS. The van der Waals surface area contributed by atoms with Crippen LogP contribution in [0, 0.1) is 0 Å². The van der Waals surface area contributed by atoms with Crippen molar-refractivity contribution in [3.8, 4) is 5.75 Å². The van der Waals surface area contributed by atoms with Gasteiger partial charge >= 0.3 is 0 Å². The zero-order valence-electron chi connectivity index (χ0n) is 18.5. The lowest BCUT2D eigenvalue weighted by atomic mass is 9.94. The second kappa shape index (κ2) is 9.33. The number of pyridine rings is 1. The van der Waals surface area contributed by atoms with Gasteiger partial charge in [0.2, 0.25) is 0 Å². The van der Waals surface area contributed by atoms with E-state index in [4.69, 9.17) is 17.0 Å². The summed E-state index contributed by atoms with van der Waals surface area (Å²) in [4.78, 5) is 6.94. The van der Waals surface area contributed by atoms with E-state index in [2.05, 4.69) is 56.3 Å². The SMILES string of the molecule is CCOc1ccc(N2C(=S)N[C@@H](c3ccccn3)[C@H]2c2cccn2C2CCCCC2)cc1. The number of ether oxygens (including phenoxy) is 1. The Labute approximate surface area is 195 Å². The Morgan fingerprint density at radius 2 is 1.84 bits per heavy atom. The topological polar surface area (TPSA) is 42.3 Å². The van der Waals surface area contributed by atoms with Crippen LogP contribution in [0.1, 0.15) is 68.5 Å². The Balaban J connectivity index is 1.57. The number of nitrogens with zero attached hydrogens (tertiary/aromatic N) is 3. The van der Waals surface area contributed by atoms with Crippen LogP contribution in [0.3, 0.4) is 0 Å². The zero-order valence-corrected chi connectivity index (χ0v) is 19.3. The van der Waals surface area contributed by atoms with Crippen LogP contribution in [0.2, 0.25) is 0 Å². The van der Waals surface area contributed by atoms with E-state index in [0.717, 1.165) is 22.2 Å². The van der Waals surface area contributed by atoms with Crippen LogP contribution in [-0.2, 0) is 0 Å². The Kier molecular flexibility index (Phi) is 6.12. The first-order valence-electron chi connectivity index (χ1n) is 11.7. The van der Waals surface area contributed by atoms with Gasteiger partial charge in [-0.05, 0) is 80.5 Å². The molecule has 32 heavy (non-hydrogen) atoms. The van der Waals surface area contributed by atoms with Crippen molar-refractivity contribution in [2.45, 2.75) is 57.2 Å². The molecule has 2 atom stereocenters. The van der Waals surface area contributed by atoms with Gasteiger partial charge in [-0.25, -0.2) is 0 Å². The van der Waals surface area contributed by atoms with Gasteiger partial charge in [0.05, 0.1) is 18.3 Å². The summed E-state index contributed by atoms with van der Waals surface area (Å²) in [5, 5.41) is 4.31. The van der Waals surface area contributed by atoms with Crippen molar-refractivity contribution < 1.29 is 4.74 Å². The van der Waals surface area contributed by atoms with Crippen molar-refractivity contribution in [2.24, 2.45) is 0 Å². The molecule has 1 aliphatic heterocycles. The van der Waals surface area contributed by atoms with Crippen LogP contribution in [0.5, 0.6) is 5.75 Å². The minimum Gasteiger partial charge on any atom is -0.494 e. The number of nitrogens with one attached hydrogen (secondary N) is 1. The second-order valence-electron chi connectivity index (χ2n) is 8.56. The molecule has 3 heterocycles. The highest BCUT2D eigenvalue weighted by Gasteiger charge is 2.42. The Hall–Kier alpha value is -2.86. The highest BCUT2D eigenvalue weighted by Crippen LogP contribution is 2.43. The standard InChI is InChI=1S/C26H30N4OS/c1-2-31-21-15-13-20(14-16-21)30-25(24(28-26(30)32)22-11-6-7-17-27-22)23-12-8-18-29(23)19-9-4-3-5-10-19/h6-8,11-19,24-25H,2-5,9-10H2,1H3,(H,28,32)/t24-,25+/m0/s1. The van der Waals surface area contributed by atoms with E-state index in [0.29, 0.717) is 12.6 Å². The zero-order chi connectivity index (χ0) is 21.9. The summed E-state index contributed by atoms with van der Waals surface area (Å²) in [5.74, 6) is 0.873. The lowest BCUT2D eigenvalue weighted by Crippen LogP contribution is -2.31. The second-order valence-corrected chi connectivity index (χ2v) is 8.94. The fourth-order valence-electron chi connectivity index (χ4n) is 5.15. The number of benzene rings is 1. The normalized spacial score (nSPS) is 21.5. The van der Waals surface area contributed by atoms with Crippen LogP contribution in [0.15, 0.2) is 67.0 Å². The van der Waals surface area contributed by atoms with Gasteiger partial charge in [0, 0.05) is 29.8 Å². The van der Waals surface area contributed by atoms with Crippen molar-refractivity contribution in [1.29, 1.82) is 0 Å². The van der Waals surface area contributed by atoms with Gasteiger partial charge in [-0.15, -0.1) is 0 Å². The molecule has 0 bridgehead atoms. The summed E-state index contributed by atoms with van der Waals surface area (Å²) < 4.78 is 8.15. The van der Waals surface area contributed by atoms with E-state index in [-0.39, 0.29) is 12.1 Å². The third-order valence-corrected chi connectivity index (χ3v) is 6.92. The predicted octanol–water partition coefficient (Wildman–Crippen LogP) is 5.96. The first-order chi connectivity index (χ1) is 15.8. The number of rotatable bonds is 6. The molecule has 6 heteroatoms. The summed E-state index contributed by atoms with van der Waals surface area (Å²) in [6, 6.07) is 19.3. The molecule has 2 fully saturated rings. The number of hydrogen-bond acceptors (Lipinski definition) is 3. The lowest BCUT2D eigenvalue weighted by Gasteiger charge is -2.32. The van der Waals surface area contributed by atoms with E-state index in [9.17, 15) is 0 Å². The first-order valence-corrected chi connectivity index (χ1v) is 12.1. The van der Waals surface area contributed by atoms with Crippen molar-refractivity contribution in [3.63, 3.8) is 0 Å². The Bertz CT molecular complexity index is 1040. The van der Waals surface area contributed by atoms with E-state index in [1.54, 1.807) is 0 Å². The number of aromatic nitrogens is 2. The molecule has 0 amide bonds. The predicted molar refractivity (Wildman–Crippen MR) is 132 cm³/mol. The van der Waals surface area contributed by atoms with Crippen molar-refractivity contribution in [1.82, 2.24) is 14.9 Å². The maximum absolute atomic E-state index is 5.88. The maximum Gasteiger partial charge on any atom is 0.174 e. The maximum atomic E-state index is 5.88. The monoisotopic (exact) mass is 446 g/mol. The van der Waals surface area contributed by atoms with Crippen LogP contribution >= 0.6 is 12.2 Å². The van der Waals surface area contributed by atoms with Crippen LogP contribution in [0.25, 0.3) is 0 Å². The first kappa shape index (κ1) is 21.0. The van der Waals surface area contributed by atoms with Crippen LogP contribution in [-0.4, -0.2) is 21.3 Å². The smallest absolute Gasteiger partial charge is 0.174 e. The minimum atomic E-state index is -0.0208. The fourth-order valence-corrected chi connectivity index (χ4v) is 5.50. The molecule has 2 aliphatic rings. The molecule has 1 aliphatic carbocycles. The van der Waals surface area contributed by atoms with E-state index in [1.807, 2.05) is 37.4 Å². The quantitative estimate of drug-likeness (QED) is 0.473. The van der Waals surface area contributed by atoms with E-state index < -0.39 is 0 Å². The molecule has 1 saturated heterocycles. The van der Waals surface area contributed by atoms with E-state index >= 15 is 0 Å². The van der Waals surface area contributed by atoms with E-state index in [1.165, 1.54) is 37.8 Å². The highest BCUT2D eigenvalue weighted by molar-refractivity contribution is 7.80.